The van der Waals surface area contributed by atoms with Gasteiger partial charge in [0.05, 0.1) is 24.1 Å². The molecule has 2 atom stereocenters. The number of amides is 1. The third kappa shape index (κ3) is 2.30. The standard InChI is InChI=1S/C13H17N3O/c1-8-5-15-12(6-14-8)7-16-13(17)11-3-9-2-10(9)4-11/h5-6,9-11H,2-4,7H2,1H3,(H,16,17). The molecule has 0 saturated heterocycles. The third-order valence-corrected chi connectivity index (χ3v) is 3.89. The first-order chi connectivity index (χ1) is 8.22. The van der Waals surface area contributed by atoms with E-state index in [0.717, 1.165) is 36.1 Å². The average molecular weight is 231 g/mol. The Kier molecular flexibility index (Phi) is 2.57. The fourth-order valence-corrected chi connectivity index (χ4v) is 2.76. The lowest BCUT2D eigenvalue weighted by atomic mass is 10.0. The molecule has 2 aliphatic carbocycles. The summed E-state index contributed by atoms with van der Waals surface area (Å²) in [5, 5.41) is 2.96. The Hall–Kier alpha value is -1.45. The maximum Gasteiger partial charge on any atom is 0.223 e. The van der Waals surface area contributed by atoms with Crippen molar-refractivity contribution < 1.29 is 4.79 Å². The molecule has 2 fully saturated rings. The summed E-state index contributed by atoms with van der Waals surface area (Å²) in [5.74, 6) is 2.14. The van der Waals surface area contributed by atoms with Crippen molar-refractivity contribution in [2.24, 2.45) is 17.8 Å². The number of hydrogen-bond acceptors (Lipinski definition) is 3. The van der Waals surface area contributed by atoms with Gasteiger partial charge in [-0.2, -0.15) is 0 Å². The zero-order chi connectivity index (χ0) is 11.8. The minimum atomic E-state index is 0.194. The minimum Gasteiger partial charge on any atom is -0.350 e. The van der Waals surface area contributed by atoms with Gasteiger partial charge in [0.1, 0.15) is 0 Å². The number of hydrogen-bond donors (Lipinski definition) is 1. The van der Waals surface area contributed by atoms with Crippen LogP contribution in [0.15, 0.2) is 12.4 Å². The minimum absolute atomic E-state index is 0.194. The van der Waals surface area contributed by atoms with Crippen LogP contribution in [0.25, 0.3) is 0 Å². The maximum atomic E-state index is 11.9. The van der Waals surface area contributed by atoms with Crippen LogP contribution < -0.4 is 5.32 Å². The van der Waals surface area contributed by atoms with Gasteiger partial charge < -0.3 is 5.32 Å². The monoisotopic (exact) mass is 231 g/mol. The summed E-state index contributed by atoms with van der Waals surface area (Å²) in [4.78, 5) is 20.3. The SMILES string of the molecule is Cc1cnc(CNC(=O)C2CC3CC3C2)cn1. The zero-order valence-electron chi connectivity index (χ0n) is 10.0. The van der Waals surface area contributed by atoms with E-state index in [1.807, 2.05) is 6.92 Å². The van der Waals surface area contributed by atoms with Crippen molar-refractivity contribution in [2.45, 2.75) is 32.7 Å². The van der Waals surface area contributed by atoms with Gasteiger partial charge in [0.15, 0.2) is 0 Å². The van der Waals surface area contributed by atoms with Crippen molar-refractivity contribution >= 4 is 5.91 Å². The van der Waals surface area contributed by atoms with Crippen LogP contribution in [0.1, 0.15) is 30.7 Å². The smallest absolute Gasteiger partial charge is 0.223 e. The van der Waals surface area contributed by atoms with E-state index < -0.39 is 0 Å². The molecule has 0 spiro atoms. The van der Waals surface area contributed by atoms with Crippen molar-refractivity contribution in [3.8, 4) is 0 Å². The van der Waals surface area contributed by atoms with Gasteiger partial charge in [-0.05, 0) is 38.0 Å². The van der Waals surface area contributed by atoms with Crippen LogP contribution in [0.5, 0.6) is 0 Å². The molecule has 90 valence electrons. The Morgan fingerprint density at radius 3 is 2.71 bits per heavy atom. The van der Waals surface area contributed by atoms with E-state index in [0.29, 0.717) is 6.54 Å². The van der Waals surface area contributed by atoms with E-state index >= 15 is 0 Å². The number of aromatic nitrogens is 2. The summed E-state index contributed by atoms with van der Waals surface area (Å²) >= 11 is 0. The van der Waals surface area contributed by atoms with Gasteiger partial charge in [0.25, 0.3) is 0 Å². The van der Waals surface area contributed by atoms with Crippen molar-refractivity contribution in [1.29, 1.82) is 0 Å². The van der Waals surface area contributed by atoms with Gasteiger partial charge in [0.2, 0.25) is 5.91 Å². The summed E-state index contributed by atoms with van der Waals surface area (Å²) in [6.45, 7) is 2.40. The van der Waals surface area contributed by atoms with E-state index in [1.165, 1.54) is 6.42 Å². The molecule has 0 radical (unpaired) electrons. The highest BCUT2D eigenvalue weighted by atomic mass is 16.1. The molecule has 0 bridgehead atoms. The number of aryl methyl sites for hydroxylation is 1. The first-order valence-electron chi connectivity index (χ1n) is 6.27. The van der Waals surface area contributed by atoms with E-state index in [2.05, 4.69) is 15.3 Å². The Morgan fingerprint density at radius 1 is 1.29 bits per heavy atom. The molecule has 1 aromatic rings. The normalized spacial score (nSPS) is 29.8. The van der Waals surface area contributed by atoms with Crippen LogP contribution >= 0.6 is 0 Å². The van der Waals surface area contributed by atoms with Gasteiger partial charge in [-0.25, -0.2) is 0 Å². The van der Waals surface area contributed by atoms with E-state index in [9.17, 15) is 4.79 Å². The Balaban J connectivity index is 1.50. The highest BCUT2D eigenvalue weighted by Crippen LogP contribution is 2.54. The quantitative estimate of drug-likeness (QED) is 0.856. The maximum absolute atomic E-state index is 11.9. The molecule has 2 unspecified atom stereocenters. The molecule has 17 heavy (non-hydrogen) atoms. The summed E-state index contributed by atoms with van der Waals surface area (Å²) in [7, 11) is 0. The summed E-state index contributed by atoms with van der Waals surface area (Å²) in [6.07, 6.45) is 6.99. The second-order valence-corrected chi connectivity index (χ2v) is 5.29. The molecule has 0 aliphatic heterocycles. The van der Waals surface area contributed by atoms with Gasteiger partial charge in [0, 0.05) is 12.1 Å². The number of nitrogens with one attached hydrogen (secondary N) is 1. The van der Waals surface area contributed by atoms with Crippen LogP contribution in [0.3, 0.4) is 0 Å². The van der Waals surface area contributed by atoms with Gasteiger partial charge in [-0.1, -0.05) is 0 Å². The largest absolute Gasteiger partial charge is 0.350 e. The summed E-state index contributed by atoms with van der Waals surface area (Å²) in [5.41, 5.74) is 1.73. The van der Waals surface area contributed by atoms with Crippen LogP contribution in [-0.2, 0) is 11.3 Å². The molecule has 1 heterocycles. The molecule has 4 heteroatoms. The Morgan fingerprint density at radius 2 is 2.06 bits per heavy atom. The first-order valence-corrected chi connectivity index (χ1v) is 6.27. The predicted octanol–water partition coefficient (Wildman–Crippen LogP) is 1.45. The van der Waals surface area contributed by atoms with Gasteiger partial charge in [-0.3, -0.25) is 14.8 Å². The number of rotatable bonds is 3. The summed E-state index contributed by atoms with van der Waals surface area (Å²) < 4.78 is 0. The fourth-order valence-electron chi connectivity index (χ4n) is 2.76. The van der Waals surface area contributed by atoms with Crippen molar-refractivity contribution in [1.82, 2.24) is 15.3 Å². The third-order valence-electron chi connectivity index (χ3n) is 3.89. The molecular formula is C13H17N3O. The van der Waals surface area contributed by atoms with Crippen LogP contribution in [0.4, 0.5) is 0 Å². The molecular weight excluding hydrogens is 214 g/mol. The summed E-state index contributed by atoms with van der Waals surface area (Å²) in [6, 6.07) is 0. The van der Waals surface area contributed by atoms with Gasteiger partial charge in [-0.15, -0.1) is 0 Å². The van der Waals surface area contributed by atoms with Gasteiger partial charge >= 0.3 is 0 Å². The second-order valence-electron chi connectivity index (χ2n) is 5.29. The van der Waals surface area contributed by atoms with E-state index in [1.54, 1.807) is 12.4 Å². The highest BCUT2D eigenvalue weighted by Gasteiger charge is 2.47. The molecule has 1 aromatic heterocycles. The lowest BCUT2D eigenvalue weighted by Crippen LogP contribution is -2.29. The highest BCUT2D eigenvalue weighted by molar-refractivity contribution is 5.79. The molecule has 0 aromatic carbocycles. The number of nitrogens with zero attached hydrogens (tertiary/aromatic N) is 2. The second kappa shape index (κ2) is 4.09. The predicted molar refractivity (Wildman–Crippen MR) is 62.9 cm³/mol. The molecule has 2 saturated carbocycles. The van der Waals surface area contributed by atoms with Crippen LogP contribution in [-0.4, -0.2) is 15.9 Å². The van der Waals surface area contributed by atoms with Crippen molar-refractivity contribution in [3.63, 3.8) is 0 Å². The lowest BCUT2D eigenvalue weighted by Gasteiger charge is -2.11. The van der Waals surface area contributed by atoms with E-state index in [-0.39, 0.29) is 11.8 Å². The number of carbonyl (C=O) groups excluding carboxylic acids is 1. The Bertz CT molecular complexity index is 419. The first kappa shape index (κ1) is 10.7. The molecule has 1 amide bonds. The van der Waals surface area contributed by atoms with Crippen molar-refractivity contribution in [3.05, 3.63) is 23.8 Å². The fraction of sp³-hybridized carbons (Fsp3) is 0.615. The molecule has 1 N–H and O–H groups in total. The average Bonchev–Trinajstić information content (AvgIpc) is 2.95. The van der Waals surface area contributed by atoms with Crippen LogP contribution in [0, 0.1) is 24.7 Å². The van der Waals surface area contributed by atoms with Crippen LogP contribution in [0.2, 0.25) is 0 Å². The lowest BCUT2D eigenvalue weighted by molar-refractivity contribution is -0.125. The molecule has 4 nitrogen and oxygen atoms in total. The molecule has 2 aliphatic rings. The number of carbonyl (C=O) groups is 1. The topological polar surface area (TPSA) is 54.9 Å². The zero-order valence-corrected chi connectivity index (χ0v) is 10.0. The Labute approximate surface area is 101 Å². The van der Waals surface area contributed by atoms with E-state index in [4.69, 9.17) is 0 Å². The van der Waals surface area contributed by atoms with Crippen molar-refractivity contribution in [2.75, 3.05) is 0 Å². The number of fused-ring (bicyclic) bond motifs is 1. The molecule has 3 rings (SSSR count).